The van der Waals surface area contributed by atoms with E-state index in [0.29, 0.717) is 16.8 Å². The highest BCUT2D eigenvalue weighted by Crippen LogP contribution is 2.24. The summed E-state index contributed by atoms with van der Waals surface area (Å²) in [5.41, 5.74) is 0.390. The molecule has 5 nitrogen and oxygen atoms in total. The van der Waals surface area contributed by atoms with Crippen molar-refractivity contribution < 1.29 is 14.6 Å². The van der Waals surface area contributed by atoms with Gasteiger partial charge in [-0.15, -0.1) is 0 Å². The summed E-state index contributed by atoms with van der Waals surface area (Å²) in [6.07, 6.45) is 2.27. The van der Waals surface area contributed by atoms with Gasteiger partial charge in [-0.3, -0.25) is 4.79 Å². The first kappa shape index (κ1) is 18.9. The molecular weight excluding hydrogens is 421 g/mol. The number of fused-ring (bicyclic) bond motifs is 1. The van der Waals surface area contributed by atoms with Crippen molar-refractivity contribution >= 4 is 39.5 Å². The van der Waals surface area contributed by atoms with Crippen LogP contribution in [0.2, 0.25) is 0 Å². The molecule has 0 aliphatic rings. The number of hydrogen-bond donors (Lipinski definition) is 1. The molecule has 1 aromatic heterocycles. The van der Waals surface area contributed by atoms with Crippen LogP contribution in [0, 0.1) is 9.49 Å². The van der Waals surface area contributed by atoms with Crippen molar-refractivity contribution in [3.8, 4) is 0 Å². The summed E-state index contributed by atoms with van der Waals surface area (Å²) in [5.74, 6) is -0.259. The molecule has 0 amide bonds. The number of carbonyl (C=O) groups excluding carboxylic acids is 1. The second-order valence-electron chi connectivity index (χ2n) is 6.13. The van der Waals surface area contributed by atoms with Gasteiger partial charge < -0.3 is 14.4 Å². The predicted octanol–water partition coefficient (Wildman–Crippen LogP) is 3.36. The van der Waals surface area contributed by atoms with E-state index in [2.05, 4.69) is 36.4 Å². The third-order valence-corrected chi connectivity index (χ3v) is 4.51. The van der Waals surface area contributed by atoms with E-state index in [1.807, 2.05) is 16.7 Å². The van der Waals surface area contributed by atoms with E-state index in [4.69, 9.17) is 4.74 Å². The Balaban J connectivity index is 2.74. The van der Waals surface area contributed by atoms with E-state index >= 15 is 0 Å². The highest BCUT2D eigenvalue weighted by atomic mass is 127. The molecule has 0 saturated carbocycles. The molecule has 1 N–H and O–H groups in total. The summed E-state index contributed by atoms with van der Waals surface area (Å²) >= 11 is 2.13. The van der Waals surface area contributed by atoms with Crippen molar-refractivity contribution in [3.63, 3.8) is 0 Å². The molecule has 1 aromatic carbocycles. The second kappa shape index (κ2) is 8.11. The lowest BCUT2D eigenvalue weighted by Crippen LogP contribution is -2.24. The minimum atomic E-state index is -0.627. The molecule has 0 fully saturated rings. The molecule has 0 aliphatic carbocycles. The van der Waals surface area contributed by atoms with Crippen LogP contribution in [0.15, 0.2) is 29.2 Å². The van der Waals surface area contributed by atoms with Gasteiger partial charge in [-0.25, -0.2) is 4.79 Å². The maximum Gasteiger partial charge on any atom is 0.343 e. The predicted molar refractivity (Wildman–Crippen MR) is 102 cm³/mol. The Bertz CT molecular complexity index is 797. The van der Waals surface area contributed by atoms with E-state index in [1.54, 1.807) is 13.0 Å². The Morgan fingerprint density at radius 1 is 1.38 bits per heavy atom. The lowest BCUT2D eigenvalue weighted by atomic mass is 10.0. The van der Waals surface area contributed by atoms with Crippen molar-refractivity contribution in [2.45, 2.75) is 33.2 Å². The van der Waals surface area contributed by atoms with Crippen molar-refractivity contribution in [1.82, 2.24) is 4.57 Å². The number of halogens is 1. The SMILES string of the molecule is CCOC(=O)c1cn([C@H](CO)CC(C)C)c2ccc(I)cc2c1=O. The van der Waals surface area contributed by atoms with Crippen LogP contribution in [-0.4, -0.2) is 28.9 Å². The first-order valence-corrected chi connectivity index (χ1v) is 9.09. The third-order valence-electron chi connectivity index (χ3n) is 3.84. The molecule has 24 heavy (non-hydrogen) atoms. The quantitative estimate of drug-likeness (QED) is 0.549. The molecule has 130 valence electrons. The molecular formula is C18H22INO4. The highest BCUT2D eigenvalue weighted by Gasteiger charge is 2.20. The van der Waals surface area contributed by atoms with Gasteiger partial charge in [-0.05, 0) is 60.1 Å². The zero-order valence-electron chi connectivity index (χ0n) is 14.1. The van der Waals surface area contributed by atoms with E-state index < -0.39 is 5.97 Å². The molecule has 0 radical (unpaired) electrons. The maximum atomic E-state index is 12.7. The zero-order chi connectivity index (χ0) is 17.9. The number of aromatic nitrogens is 1. The molecule has 0 saturated heterocycles. The van der Waals surface area contributed by atoms with Crippen LogP contribution >= 0.6 is 22.6 Å². The minimum absolute atomic E-state index is 0.00792. The second-order valence-corrected chi connectivity index (χ2v) is 7.37. The van der Waals surface area contributed by atoms with E-state index in [1.165, 1.54) is 6.20 Å². The monoisotopic (exact) mass is 443 g/mol. The Hall–Kier alpha value is -1.41. The zero-order valence-corrected chi connectivity index (χ0v) is 16.2. The molecule has 2 aromatic rings. The minimum Gasteiger partial charge on any atom is -0.462 e. The summed E-state index contributed by atoms with van der Waals surface area (Å²) in [6.45, 7) is 5.99. The highest BCUT2D eigenvalue weighted by molar-refractivity contribution is 14.1. The lowest BCUT2D eigenvalue weighted by molar-refractivity contribution is 0.0523. The van der Waals surface area contributed by atoms with Crippen LogP contribution in [0.4, 0.5) is 0 Å². The van der Waals surface area contributed by atoms with Crippen LogP contribution in [0.1, 0.15) is 43.6 Å². The van der Waals surface area contributed by atoms with Gasteiger partial charge in [0.15, 0.2) is 0 Å². The first-order chi connectivity index (χ1) is 11.4. The first-order valence-electron chi connectivity index (χ1n) is 8.01. The summed E-state index contributed by atoms with van der Waals surface area (Å²) in [5, 5.41) is 10.3. The number of ether oxygens (including phenoxy) is 1. The number of hydrogen-bond acceptors (Lipinski definition) is 4. The van der Waals surface area contributed by atoms with Gasteiger partial charge in [0.25, 0.3) is 0 Å². The molecule has 0 aliphatic heterocycles. The van der Waals surface area contributed by atoms with E-state index in [9.17, 15) is 14.7 Å². The number of nitrogens with zero attached hydrogens (tertiary/aromatic N) is 1. The normalized spacial score (nSPS) is 12.6. The number of benzene rings is 1. The molecule has 0 unspecified atom stereocenters. The van der Waals surface area contributed by atoms with Crippen molar-refractivity contribution in [1.29, 1.82) is 0 Å². The van der Waals surface area contributed by atoms with Gasteiger partial charge in [0, 0.05) is 15.2 Å². The Labute approximate surface area is 154 Å². The van der Waals surface area contributed by atoms with Crippen LogP contribution in [0.5, 0.6) is 0 Å². The number of rotatable bonds is 6. The summed E-state index contributed by atoms with van der Waals surface area (Å²) in [4.78, 5) is 24.9. The number of pyridine rings is 1. The number of carbonyl (C=O) groups is 1. The van der Waals surface area contributed by atoms with Crippen LogP contribution in [-0.2, 0) is 4.74 Å². The number of aliphatic hydroxyl groups is 1. The van der Waals surface area contributed by atoms with Crippen molar-refractivity contribution in [2.24, 2.45) is 5.92 Å². The molecule has 6 heteroatoms. The summed E-state index contributed by atoms with van der Waals surface area (Å²) in [6, 6.07) is 5.33. The Kier molecular flexibility index (Phi) is 6.40. The molecule has 0 bridgehead atoms. The van der Waals surface area contributed by atoms with Crippen LogP contribution in [0.3, 0.4) is 0 Å². The van der Waals surface area contributed by atoms with Gasteiger partial charge >= 0.3 is 5.97 Å². The van der Waals surface area contributed by atoms with Crippen molar-refractivity contribution in [2.75, 3.05) is 13.2 Å². The van der Waals surface area contributed by atoms with E-state index in [0.717, 1.165) is 9.99 Å². The van der Waals surface area contributed by atoms with Gasteiger partial charge in [-0.2, -0.15) is 0 Å². The van der Waals surface area contributed by atoms with Gasteiger partial charge in [0.1, 0.15) is 5.56 Å². The van der Waals surface area contributed by atoms with E-state index in [-0.39, 0.29) is 30.2 Å². The van der Waals surface area contributed by atoms with Crippen molar-refractivity contribution in [3.05, 3.63) is 43.8 Å². The fourth-order valence-electron chi connectivity index (χ4n) is 2.80. The number of esters is 1. The molecule has 0 spiro atoms. The smallest absolute Gasteiger partial charge is 0.343 e. The molecule has 1 atom stereocenters. The van der Waals surface area contributed by atoms with Crippen LogP contribution in [0.25, 0.3) is 10.9 Å². The van der Waals surface area contributed by atoms with Crippen LogP contribution < -0.4 is 5.43 Å². The average molecular weight is 443 g/mol. The summed E-state index contributed by atoms with van der Waals surface area (Å²) < 4.78 is 7.76. The molecule has 1 heterocycles. The Morgan fingerprint density at radius 3 is 2.67 bits per heavy atom. The average Bonchev–Trinajstić information content (AvgIpc) is 2.53. The third kappa shape index (κ3) is 3.97. The van der Waals surface area contributed by atoms with Gasteiger partial charge in [-0.1, -0.05) is 13.8 Å². The maximum absolute atomic E-state index is 12.7. The molecule has 2 rings (SSSR count). The fourth-order valence-corrected chi connectivity index (χ4v) is 3.30. The number of aliphatic hydroxyl groups excluding tert-OH is 1. The fraction of sp³-hybridized carbons (Fsp3) is 0.444. The topological polar surface area (TPSA) is 68.5 Å². The summed E-state index contributed by atoms with van der Waals surface area (Å²) in [7, 11) is 0. The van der Waals surface area contributed by atoms with Gasteiger partial charge in [0.05, 0.1) is 24.8 Å². The standard InChI is InChI=1S/C18H22INO4/c1-4-24-18(23)15-9-20(13(10-21)7-11(2)3)16-6-5-12(19)8-14(16)17(15)22/h5-6,8-9,11,13,21H,4,7,10H2,1-3H3/t13-/m0/s1. The lowest BCUT2D eigenvalue weighted by Gasteiger charge is -2.23. The Morgan fingerprint density at radius 2 is 2.08 bits per heavy atom. The van der Waals surface area contributed by atoms with Gasteiger partial charge in [0.2, 0.25) is 5.43 Å². The largest absolute Gasteiger partial charge is 0.462 e.